The fourth-order valence-corrected chi connectivity index (χ4v) is 4.72. The second kappa shape index (κ2) is 4.84. The van der Waals surface area contributed by atoms with Gasteiger partial charge in [-0.15, -0.1) is 0 Å². The molecule has 3 rings (SSSR count). The predicted molar refractivity (Wildman–Crippen MR) is 70.2 cm³/mol. The minimum absolute atomic E-state index is 0.0249. The molecule has 18 heavy (non-hydrogen) atoms. The zero-order valence-electron chi connectivity index (χ0n) is 11.6. The quantitative estimate of drug-likeness (QED) is 0.671. The number of carbonyl (C=O) groups excluding carboxylic acids is 1. The van der Waals surface area contributed by atoms with Gasteiger partial charge < -0.3 is 4.74 Å². The Morgan fingerprint density at radius 3 is 2.67 bits per heavy atom. The molecule has 0 aliphatic carbocycles. The van der Waals surface area contributed by atoms with Crippen molar-refractivity contribution >= 4 is 5.97 Å². The van der Waals surface area contributed by atoms with E-state index in [1.54, 1.807) is 0 Å². The van der Waals surface area contributed by atoms with E-state index in [4.69, 9.17) is 4.74 Å². The second-order valence-electron chi connectivity index (χ2n) is 6.54. The molecule has 5 atom stereocenters. The molecule has 0 radical (unpaired) electrons. The summed E-state index contributed by atoms with van der Waals surface area (Å²) in [6.07, 6.45) is 8.82. The van der Waals surface area contributed by atoms with Gasteiger partial charge in [0.25, 0.3) is 0 Å². The van der Waals surface area contributed by atoms with Crippen LogP contribution in [0.15, 0.2) is 0 Å². The van der Waals surface area contributed by atoms with E-state index in [1.807, 2.05) is 0 Å². The van der Waals surface area contributed by atoms with Gasteiger partial charge in [0.05, 0.1) is 13.0 Å². The van der Waals surface area contributed by atoms with Gasteiger partial charge in [-0.1, -0.05) is 13.3 Å². The maximum atomic E-state index is 12.0. The summed E-state index contributed by atoms with van der Waals surface area (Å²) in [5, 5.41) is 0. The summed E-state index contributed by atoms with van der Waals surface area (Å²) in [5.41, 5.74) is 0. The molecule has 3 aliphatic heterocycles. The molecule has 3 heteroatoms. The van der Waals surface area contributed by atoms with Crippen molar-refractivity contribution in [3.05, 3.63) is 0 Å². The van der Waals surface area contributed by atoms with Crippen LogP contribution in [0.1, 0.15) is 51.9 Å². The Morgan fingerprint density at radius 1 is 1.11 bits per heavy atom. The van der Waals surface area contributed by atoms with Gasteiger partial charge in [0.15, 0.2) is 0 Å². The van der Waals surface area contributed by atoms with Crippen LogP contribution in [0.4, 0.5) is 0 Å². The van der Waals surface area contributed by atoms with Crippen molar-refractivity contribution in [1.29, 1.82) is 0 Å². The Labute approximate surface area is 110 Å². The van der Waals surface area contributed by atoms with Crippen LogP contribution in [0.5, 0.6) is 0 Å². The molecule has 3 saturated heterocycles. The van der Waals surface area contributed by atoms with Gasteiger partial charge in [-0.2, -0.15) is 0 Å². The topological polar surface area (TPSA) is 29.5 Å². The molecule has 0 spiro atoms. The molecular weight excluding hydrogens is 226 g/mol. The summed E-state index contributed by atoms with van der Waals surface area (Å²) in [5.74, 6) is 0.923. The molecule has 0 aromatic rings. The molecule has 0 N–H and O–H groups in total. The van der Waals surface area contributed by atoms with Crippen molar-refractivity contribution in [2.45, 2.75) is 70.0 Å². The number of methoxy groups -OCH3 is 1. The van der Waals surface area contributed by atoms with Gasteiger partial charge in [0.1, 0.15) is 0 Å². The van der Waals surface area contributed by atoms with Crippen molar-refractivity contribution in [3.63, 3.8) is 0 Å². The van der Waals surface area contributed by atoms with E-state index in [-0.39, 0.29) is 11.9 Å². The van der Waals surface area contributed by atoms with Crippen LogP contribution < -0.4 is 0 Å². The van der Waals surface area contributed by atoms with Crippen LogP contribution in [-0.2, 0) is 9.53 Å². The molecule has 3 nitrogen and oxygen atoms in total. The number of rotatable bonds is 1. The first-order valence-corrected chi connectivity index (χ1v) is 7.56. The lowest BCUT2D eigenvalue weighted by Crippen LogP contribution is -2.62. The first-order chi connectivity index (χ1) is 8.70. The van der Waals surface area contributed by atoms with E-state index in [1.165, 1.54) is 45.6 Å². The first kappa shape index (κ1) is 12.5. The van der Waals surface area contributed by atoms with Gasteiger partial charge >= 0.3 is 5.97 Å². The van der Waals surface area contributed by atoms with E-state index < -0.39 is 0 Å². The molecule has 0 unspecified atom stereocenters. The Morgan fingerprint density at radius 2 is 1.89 bits per heavy atom. The lowest BCUT2D eigenvalue weighted by atomic mass is 9.71. The number of carbonyl (C=O) groups is 1. The highest BCUT2D eigenvalue weighted by molar-refractivity contribution is 5.73. The summed E-state index contributed by atoms with van der Waals surface area (Å²) < 4.78 is 5.03. The lowest BCUT2D eigenvalue weighted by Gasteiger charge is -2.56. The monoisotopic (exact) mass is 251 g/mol. The Hall–Kier alpha value is -0.570. The third-order valence-electron chi connectivity index (χ3n) is 5.40. The fourth-order valence-electron chi connectivity index (χ4n) is 4.72. The number of ether oxygens (including phenoxy) is 1. The summed E-state index contributed by atoms with van der Waals surface area (Å²) in [4.78, 5) is 14.7. The molecule has 0 bridgehead atoms. The van der Waals surface area contributed by atoms with Crippen LogP contribution in [-0.4, -0.2) is 36.1 Å². The van der Waals surface area contributed by atoms with E-state index >= 15 is 0 Å². The summed E-state index contributed by atoms with van der Waals surface area (Å²) in [6.45, 7) is 2.35. The van der Waals surface area contributed by atoms with Gasteiger partial charge in [0, 0.05) is 18.1 Å². The maximum absolute atomic E-state index is 12.0. The molecule has 3 fully saturated rings. The highest BCUT2D eigenvalue weighted by Crippen LogP contribution is 2.44. The average Bonchev–Trinajstić information content (AvgIpc) is 2.38. The third-order valence-corrected chi connectivity index (χ3v) is 5.40. The van der Waals surface area contributed by atoms with Crippen LogP contribution in [0.2, 0.25) is 0 Å². The lowest BCUT2D eigenvalue weighted by molar-refractivity contribution is -0.156. The highest BCUT2D eigenvalue weighted by atomic mass is 16.5. The SMILES string of the molecule is COC(=O)[C@H]1CC[C@@H]2CCC[C@H]3C[C@@H](C)C[C@H]1N23. The van der Waals surface area contributed by atoms with E-state index in [9.17, 15) is 4.79 Å². The maximum Gasteiger partial charge on any atom is 0.310 e. The van der Waals surface area contributed by atoms with E-state index in [0.717, 1.165) is 24.4 Å². The van der Waals surface area contributed by atoms with Crippen LogP contribution in [0.3, 0.4) is 0 Å². The molecule has 102 valence electrons. The van der Waals surface area contributed by atoms with E-state index in [2.05, 4.69) is 11.8 Å². The van der Waals surface area contributed by atoms with Crippen molar-refractivity contribution < 1.29 is 9.53 Å². The number of piperidine rings is 3. The van der Waals surface area contributed by atoms with Crippen molar-refractivity contribution in [2.24, 2.45) is 11.8 Å². The van der Waals surface area contributed by atoms with Crippen molar-refractivity contribution in [1.82, 2.24) is 4.90 Å². The Kier molecular flexibility index (Phi) is 3.35. The largest absolute Gasteiger partial charge is 0.469 e. The number of hydrogen-bond acceptors (Lipinski definition) is 3. The zero-order valence-corrected chi connectivity index (χ0v) is 11.6. The fraction of sp³-hybridized carbons (Fsp3) is 0.933. The number of nitrogens with zero attached hydrogens (tertiary/aromatic N) is 1. The number of esters is 1. The molecule has 3 heterocycles. The second-order valence-corrected chi connectivity index (χ2v) is 6.54. The summed E-state index contributed by atoms with van der Waals surface area (Å²) in [7, 11) is 1.54. The Balaban J connectivity index is 1.85. The molecule has 3 aliphatic rings. The van der Waals surface area contributed by atoms with Crippen LogP contribution >= 0.6 is 0 Å². The van der Waals surface area contributed by atoms with Gasteiger partial charge in [0.2, 0.25) is 0 Å². The molecule has 0 amide bonds. The summed E-state index contributed by atoms with van der Waals surface area (Å²) in [6, 6.07) is 1.96. The standard InChI is InChI=1S/C15H25NO2/c1-10-8-12-5-3-4-11-6-7-13(15(17)18-2)14(9-10)16(11)12/h10-14H,3-9H2,1-2H3/t10-,11+,12+,13+,14-/m1/s1. The Bertz CT molecular complexity index is 330. The van der Waals surface area contributed by atoms with Crippen LogP contribution in [0.25, 0.3) is 0 Å². The summed E-state index contributed by atoms with van der Waals surface area (Å²) >= 11 is 0. The van der Waals surface area contributed by atoms with Crippen LogP contribution in [0, 0.1) is 11.8 Å². The minimum Gasteiger partial charge on any atom is -0.469 e. The molecular formula is C15H25NO2. The van der Waals surface area contributed by atoms with Crippen molar-refractivity contribution in [3.8, 4) is 0 Å². The molecule has 0 saturated carbocycles. The van der Waals surface area contributed by atoms with Crippen molar-refractivity contribution in [2.75, 3.05) is 7.11 Å². The van der Waals surface area contributed by atoms with Gasteiger partial charge in [-0.3, -0.25) is 9.69 Å². The predicted octanol–water partition coefficient (Wildman–Crippen LogP) is 2.59. The van der Waals surface area contributed by atoms with E-state index in [0.29, 0.717) is 6.04 Å². The average molecular weight is 251 g/mol. The number of hydrogen-bond donors (Lipinski definition) is 0. The smallest absolute Gasteiger partial charge is 0.310 e. The molecule has 0 aromatic carbocycles. The first-order valence-electron chi connectivity index (χ1n) is 7.56. The minimum atomic E-state index is 0.0249. The highest BCUT2D eigenvalue weighted by Gasteiger charge is 2.48. The normalized spacial score (nSPS) is 44.2. The molecule has 0 aromatic heterocycles. The third kappa shape index (κ3) is 1.97. The zero-order chi connectivity index (χ0) is 12.7. The van der Waals surface area contributed by atoms with Gasteiger partial charge in [-0.25, -0.2) is 0 Å². The van der Waals surface area contributed by atoms with Gasteiger partial charge in [-0.05, 0) is 44.4 Å².